The van der Waals surface area contributed by atoms with Crippen molar-refractivity contribution in [2.75, 3.05) is 11.9 Å². The molecule has 0 aromatic carbocycles. The van der Waals surface area contributed by atoms with Crippen molar-refractivity contribution < 1.29 is 9.53 Å². The normalized spacial score (nSPS) is 19.1. The van der Waals surface area contributed by atoms with Gasteiger partial charge in [-0.1, -0.05) is 0 Å². The Kier molecular flexibility index (Phi) is 1.86. The Balaban J connectivity index is 2.61. The Bertz CT molecular complexity index is 395. The van der Waals surface area contributed by atoms with E-state index in [1.54, 1.807) is 23.3 Å². The molecule has 0 bridgehead atoms. The van der Waals surface area contributed by atoms with Gasteiger partial charge in [0, 0.05) is 17.5 Å². The van der Waals surface area contributed by atoms with Crippen molar-refractivity contribution in [2.24, 2.45) is 0 Å². The number of rotatable bonds is 0. The Morgan fingerprint density at radius 3 is 2.79 bits per heavy atom. The highest BCUT2D eigenvalue weighted by atomic mass is 32.1. The molecule has 0 fully saturated rings. The number of cyclic esters (lactones) is 1. The molecular formula is C10H13NO2S. The van der Waals surface area contributed by atoms with E-state index in [4.69, 9.17) is 4.74 Å². The van der Waals surface area contributed by atoms with Crippen LogP contribution in [-0.4, -0.2) is 13.1 Å². The van der Waals surface area contributed by atoms with Crippen LogP contribution in [0.4, 0.5) is 9.80 Å². The highest BCUT2D eigenvalue weighted by molar-refractivity contribution is 7.16. The van der Waals surface area contributed by atoms with Crippen LogP contribution in [0.5, 0.6) is 0 Å². The molecule has 3 nitrogen and oxygen atoms in total. The first-order valence-electron chi connectivity index (χ1n) is 4.49. The summed E-state index contributed by atoms with van der Waals surface area (Å²) in [6.07, 6.45) is -0.274. The van der Waals surface area contributed by atoms with E-state index in [1.165, 1.54) is 4.88 Å². The third kappa shape index (κ3) is 1.21. The summed E-state index contributed by atoms with van der Waals surface area (Å²) in [5.41, 5.74) is 0.603. The zero-order chi connectivity index (χ0) is 10.5. The molecule has 76 valence electrons. The van der Waals surface area contributed by atoms with Gasteiger partial charge in [0.05, 0.1) is 0 Å². The summed E-state index contributed by atoms with van der Waals surface area (Å²) in [6.45, 7) is 5.88. The van der Waals surface area contributed by atoms with Crippen LogP contribution in [0, 0.1) is 6.92 Å². The second-order valence-electron chi connectivity index (χ2n) is 4.01. The lowest BCUT2D eigenvalue weighted by Crippen LogP contribution is -2.40. The van der Waals surface area contributed by atoms with Gasteiger partial charge in [0.25, 0.3) is 0 Å². The van der Waals surface area contributed by atoms with Gasteiger partial charge in [0.2, 0.25) is 0 Å². The smallest absolute Gasteiger partial charge is 0.415 e. The molecule has 0 N–H and O–H groups in total. The van der Waals surface area contributed by atoms with E-state index in [0.717, 1.165) is 10.6 Å². The van der Waals surface area contributed by atoms with Crippen LogP contribution in [0.25, 0.3) is 0 Å². The zero-order valence-corrected chi connectivity index (χ0v) is 9.57. The van der Waals surface area contributed by atoms with Crippen LogP contribution in [0.1, 0.15) is 24.3 Å². The lowest BCUT2D eigenvalue weighted by molar-refractivity contribution is 0.0368. The number of anilines is 1. The summed E-state index contributed by atoms with van der Waals surface area (Å²) in [4.78, 5) is 14.3. The molecule has 14 heavy (non-hydrogen) atoms. The average Bonchev–Trinajstić information content (AvgIpc) is 2.44. The second-order valence-corrected chi connectivity index (χ2v) is 5.25. The summed E-state index contributed by atoms with van der Waals surface area (Å²) in [5, 5.41) is 1.00. The molecular weight excluding hydrogens is 198 g/mol. The minimum atomic E-state index is -0.496. The van der Waals surface area contributed by atoms with E-state index in [1.807, 2.05) is 20.8 Å². The molecule has 0 saturated carbocycles. The third-order valence-electron chi connectivity index (χ3n) is 2.41. The van der Waals surface area contributed by atoms with E-state index < -0.39 is 5.60 Å². The molecule has 4 heteroatoms. The fourth-order valence-electron chi connectivity index (χ4n) is 1.61. The molecule has 1 aliphatic rings. The summed E-state index contributed by atoms with van der Waals surface area (Å²) < 4.78 is 5.32. The molecule has 0 spiro atoms. The fourth-order valence-corrected chi connectivity index (χ4v) is 2.71. The van der Waals surface area contributed by atoms with Crippen molar-refractivity contribution in [1.29, 1.82) is 0 Å². The number of carbonyl (C=O) groups is 1. The van der Waals surface area contributed by atoms with Gasteiger partial charge in [0.1, 0.15) is 10.6 Å². The van der Waals surface area contributed by atoms with Crippen molar-refractivity contribution in [1.82, 2.24) is 0 Å². The molecule has 0 atom stereocenters. The molecule has 2 rings (SSSR count). The predicted octanol–water partition coefficient (Wildman–Crippen LogP) is 2.88. The molecule has 0 unspecified atom stereocenters. The molecule has 1 aliphatic heterocycles. The zero-order valence-electron chi connectivity index (χ0n) is 8.75. The highest BCUT2D eigenvalue weighted by Gasteiger charge is 2.38. The van der Waals surface area contributed by atoms with E-state index >= 15 is 0 Å². The topological polar surface area (TPSA) is 29.5 Å². The maximum Gasteiger partial charge on any atom is 0.415 e. The largest absolute Gasteiger partial charge is 0.438 e. The Morgan fingerprint density at radius 2 is 2.14 bits per heavy atom. The number of aryl methyl sites for hydroxylation is 1. The quantitative estimate of drug-likeness (QED) is 0.660. The second kappa shape index (κ2) is 2.73. The van der Waals surface area contributed by atoms with Gasteiger partial charge in [-0.25, -0.2) is 4.79 Å². The first-order chi connectivity index (χ1) is 6.42. The summed E-state index contributed by atoms with van der Waals surface area (Å²) >= 11 is 1.63. The Morgan fingerprint density at radius 1 is 1.50 bits per heavy atom. The van der Waals surface area contributed by atoms with Crippen molar-refractivity contribution in [2.45, 2.75) is 26.4 Å². The average molecular weight is 211 g/mol. The van der Waals surface area contributed by atoms with Crippen LogP contribution in [0.3, 0.4) is 0 Å². The predicted molar refractivity (Wildman–Crippen MR) is 57.0 cm³/mol. The van der Waals surface area contributed by atoms with E-state index in [0.29, 0.717) is 0 Å². The van der Waals surface area contributed by atoms with E-state index in [-0.39, 0.29) is 6.09 Å². The van der Waals surface area contributed by atoms with Crippen molar-refractivity contribution >= 4 is 22.4 Å². The number of amides is 1. The first-order valence-corrected chi connectivity index (χ1v) is 5.31. The standard InChI is InChI=1S/C10H13NO2S/c1-6-5-7-8(14-6)11(4)9(12)13-10(7,2)3/h5H,1-4H3. The molecule has 1 amide bonds. The lowest BCUT2D eigenvalue weighted by Gasteiger charge is -2.34. The number of ether oxygens (including phenoxy) is 1. The Labute approximate surface area is 87.3 Å². The number of hydrogen-bond acceptors (Lipinski definition) is 3. The summed E-state index contributed by atoms with van der Waals surface area (Å²) in [5.74, 6) is 0. The number of carbonyl (C=O) groups excluding carboxylic acids is 1. The van der Waals surface area contributed by atoms with Crippen molar-refractivity contribution in [3.63, 3.8) is 0 Å². The molecule has 0 saturated heterocycles. The SMILES string of the molecule is Cc1cc2c(s1)N(C)C(=O)OC2(C)C. The van der Waals surface area contributed by atoms with E-state index in [9.17, 15) is 4.79 Å². The van der Waals surface area contributed by atoms with Crippen molar-refractivity contribution in [3.8, 4) is 0 Å². The molecule has 1 aromatic heterocycles. The summed E-state index contributed by atoms with van der Waals surface area (Å²) in [7, 11) is 1.74. The fraction of sp³-hybridized carbons (Fsp3) is 0.500. The minimum Gasteiger partial charge on any atom is -0.438 e. The molecule has 0 radical (unpaired) electrons. The Hall–Kier alpha value is -1.03. The van der Waals surface area contributed by atoms with Crippen LogP contribution in [0.2, 0.25) is 0 Å². The maximum absolute atomic E-state index is 11.5. The first kappa shape index (κ1) is 9.52. The van der Waals surface area contributed by atoms with Gasteiger partial charge < -0.3 is 4.74 Å². The van der Waals surface area contributed by atoms with Gasteiger partial charge in [-0.2, -0.15) is 0 Å². The molecule has 0 aliphatic carbocycles. The molecule has 2 heterocycles. The van der Waals surface area contributed by atoms with Gasteiger partial charge in [-0.05, 0) is 26.8 Å². The van der Waals surface area contributed by atoms with Gasteiger partial charge in [0.15, 0.2) is 0 Å². The van der Waals surface area contributed by atoms with Crippen LogP contribution < -0.4 is 4.90 Å². The number of thiophene rings is 1. The van der Waals surface area contributed by atoms with Gasteiger partial charge in [-0.3, -0.25) is 4.90 Å². The molecule has 1 aromatic rings. The maximum atomic E-state index is 11.5. The highest BCUT2D eigenvalue weighted by Crippen LogP contribution is 2.43. The number of nitrogens with zero attached hydrogens (tertiary/aromatic N) is 1. The van der Waals surface area contributed by atoms with Crippen molar-refractivity contribution in [3.05, 3.63) is 16.5 Å². The number of fused-ring (bicyclic) bond motifs is 1. The third-order valence-corrected chi connectivity index (χ3v) is 3.53. The monoisotopic (exact) mass is 211 g/mol. The minimum absolute atomic E-state index is 0.274. The van der Waals surface area contributed by atoms with Gasteiger partial charge in [-0.15, -0.1) is 11.3 Å². The van der Waals surface area contributed by atoms with Gasteiger partial charge >= 0.3 is 6.09 Å². The van der Waals surface area contributed by atoms with Crippen LogP contribution >= 0.6 is 11.3 Å². The van der Waals surface area contributed by atoms with Crippen LogP contribution in [0.15, 0.2) is 6.07 Å². The lowest BCUT2D eigenvalue weighted by atomic mass is 9.99. The number of hydrogen-bond donors (Lipinski definition) is 0. The van der Waals surface area contributed by atoms with Crippen LogP contribution in [-0.2, 0) is 10.3 Å². The summed E-state index contributed by atoms with van der Waals surface area (Å²) in [6, 6.07) is 2.09. The van der Waals surface area contributed by atoms with E-state index in [2.05, 4.69) is 6.07 Å².